The lowest BCUT2D eigenvalue weighted by Gasteiger charge is -2.27. The second-order valence-corrected chi connectivity index (χ2v) is 7.92. The van der Waals surface area contributed by atoms with Gasteiger partial charge in [-0.3, -0.25) is 19.4 Å². The summed E-state index contributed by atoms with van der Waals surface area (Å²) in [4.78, 5) is 46.2. The average Bonchev–Trinajstić information content (AvgIpc) is 3.36. The van der Waals surface area contributed by atoms with Crippen LogP contribution in [0.4, 0.5) is 5.69 Å². The van der Waals surface area contributed by atoms with E-state index in [-0.39, 0.29) is 24.8 Å². The third-order valence-corrected chi connectivity index (χ3v) is 5.76. The summed E-state index contributed by atoms with van der Waals surface area (Å²) in [5, 5.41) is 2.31. The van der Waals surface area contributed by atoms with Gasteiger partial charge in [-0.2, -0.15) is 0 Å². The van der Waals surface area contributed by atoms with Crippen molar-refractivity contribution in [3.05, 3.63) is 81.8 Å². The molecule has 6 nitrogen and oxygen atoms in total. The number of amides is 3. The van der Waals surface area contributed by atoms with Crippen LogP contribution < -0.4 is 4.90 Å². The van der Waals surface area contributed by atoms with Crippen LogP contribution >= 0.6 is 22.9 Å². The summed E-state index contributed by atoms with van der Waals surface area (Å²) in [6.45, 7) is 0.183. The Hall–Kier alpha value is -3.03. The predicted molar refractivity (Wildman–Crippen MR) is 111 cm³/mol. The summed E-state index contributed by atoms with van der Waals surface area (Å²) in [6.07, 6.45) is 3.22. The number of benzene rings is 1. The van der Waals surface area contributed by atoms with Crippen LogP contribution in [-0.4, -0.2) is 33.6 Å². The maximum atomic E-state index is 13.2. The molecule has 1 aliphatic rings. The first-order valence-corrected chi connectivity index (χ1v) is 10.2. The summed E-state index contributed by atoms with van der Waals surface area (Å²) >= 11 is 7.21. The molecule has 1 fully saturated rings. The molecule has 4 rings (SSSR count). The van der Waals surface area contributed by atoms with E-state index in [0.29, 0.717) is 15.6 Å². The third-order valence-electron chi connectivity index (χ3n) is 4.65. The van der Waals surface area contributed by atoms with Gasteiger partial charge >= 0.3 is 0 Å². The van der Waals surface area contributed by atoms with Crippen molar-refractivity contribution < 1.29 is 14.4 Å². The largest absolute Gasteiger partial charge is 0.321 e. The normalized spacial score (nSPS) is 16.3. The van der Waals surface area contributed by atoms with Crippen LogP contribution in [0.25, 0.3) is 0 Å². The van der Waals surface area contributed by atoms with Crippen LogP contribution in [0.15, 0.2) is 66.3 Å². The van der Waals surface area contributed by atoms with E-state index < -0.39 is 11.9 Å². The lowest BCUT2D eigenvalue weighted by molar-refractivity contribution is -0.122. The molecule has 3 amide bonds. The number of carbonyl (C=O) groups is 3. The highest BCUT2D eigenvalue weighted by atomic mass is 35.5. The topological polar surface area (TPSA) is 70.6 Å². The molecule has 3 heterocycles. The van der Waals surface area contributed by atoms with Gasteiger partial charge in [-0.25, -0.2) is 4.90 Å². The van der Waals surface area contributed by atoms with Crippen molar-refractivity contribution in [2.45, 2.75) is 19.0 Å². The lowest BCUT2D eigenvalue weighted by Crippen LogP contribution is -2.45. The first kappa shape index (κ1) is 19.3. The van der Waals surface area contributed by atoms with Crippen LogP contribution in [0.2, 0.25) is 5.02 Å². The molecule has 0 N–H and O–H groups in total. The molecule has 0 saturated carbocycles. The fourth-order valence-corrected chi connectivity index (χ4v) is 4.08. The Balaban J connectivity index is 1.66. The van der Waals surface area contributed by atoms with Crippen molar-refractivity contribution in [1.29, 1.82) is 0 Å². The SMILES string of the molecule is O=C1CC(N(Cc2cccnc2)C(=O)c2cccs2)C(=O)N1c1ccc(Cl)cc1. The Morgan fingerprint density at radius 1 is 1.17 bits per heavy atom. The van der Waals surface area contributed by atoms with E-state index in [1.54, 1.807) is 60.2 Å². The second-order valence-electron chi connectivity index (χ2n) is 6.54. The molecule has 0 radical (unpaired) electrons. The molecule has 1 aliphatic heterocycles. The van der Waals surface area contributed by atoms with Gasteiger partial charge in [0, 0.05) is 24.0 Å². The molecule has 0 spiro atoms. The van der Waals surface area contributed by atoms with Crippen molar-refractivity contribution in [2.75, 3.05) is 4.90 Å². The van der Waals surface area contributed by atoms with E-state index in [9.17, 15) is 14.4 Å². The Bertz CT molecular complexity index is 1040. The van der Waals surface area contributed by atoms with Crippen molar-refractivity contribution in [2.24, 2.45) is 0 Å². The number of aromatic nitrogens is 1. The first-order chi connectivity index (χ1) is 14.0. The van der Waals surface area contributed by atoms with Crippen LogP contribution in [0, 0.1) is 0 Å². The van der Waals surface area contributed by atoms with E-state index in [0.717, 1.165) is 10.5 Å². The van der Waals surface area contributed by atoms with Crippen LogP contribution in [0.1, 0.15) is 21.7 Å². The molecule has 1 atom stereocenters. The maximum Gasteiger partial charge on any atom is 0.264 e. The van der Waals surface area contributed by atoms with E-state index in [4.69, 9.17) is 11.6 Å². The van der Waals surface area contributed by atoms with Gasteiger partial charge in [0.05, 0.1) is 17.0 Å². The molecule has 0 bridgehead atoms. The number of hydrogen-bond acceptors (Lipinski definition) is 5. The minimum Gasteiger partial charge on any atom is -0.321 e. The number of rotatable bonds is 5. The number of pyridine rings is 1. The van der Waals surface area contributed by atoms with Crippen molar-refractivity contribution in [3.63, 3.8) is 0 Å². The zero-order valence-corrected chi connectivity index (χ0v) is 16.8. The number of halogens is 1. The molecule has 8 heteroatoms. The highest BCUT2D eigenvalue weighted by molar-refractivity contribution is 7.12. The monoisotopic (exact) mass is 425 g/mol. The number of imide groups is 1. The van der Waals surface area contributed by atoms with Gasteiger partial charge in [-0.15, -0.1) is 11.3 Å². The van der Waals surface area contributed by atoms with E-state index in [1.807, 2.05) is 6.07 Å². The summed E-state index contributed by atoms with van der Waals surface area (Å²) < 4.78 is 0. The number of anilines is 1. The zero-order chi connectivity index (χ0) is 20.4. The Morgan fingerprint density at radius 3 is 2.62 bits per heavy atom. The van der Waals surface area contributed by atoms with Gasteiger partial charge in [0.15, 0.2) is 0 Å². The van der Waals surface area contributed by atoms with Crippen LogP contribution in [0.3, 0.4) is 0 Å². The summed E-state index contributed by atoms with van der Waals surface area (Å²) in [7, 11) is 0. The molecule has 1 aromatic carbocycles. The van der Waals surface area contributed by atoms with Gasteiger partial charge in [-0.1, -0.05) is 23.7 Å². The molecular weight excluding hydrogens is 410 g/mol. The number of carbonyl (C=O) groups excluding carboxylic acids is 3. The molecule has 3 aromatic rings. The minimum atomic E-state index is -0.881. The van der Waals surface area contributed by atoms with Gasteiger partial charge in [0.2, 0.25) is 5.91 Å². The zero-order valence-electron chi connectivity index (χ0n) is 15.2. The summed E-state index contributed by atoms with van der Waals surface area (Å²) in [6, 6.07) is 12.7. The van der Waals surface area contributed by atoms with Crippen LogP contribution in [0.5, 0.6) is 0 Å². The van der Waals surface area contributed by atoms with E-state index >= 15 is 0 Å². The average molecular weight is 426 g/mol. The Morgan fingerprint density at radius 2 is 1.97 bits per heavy atom. The fraction of sp³-hybridized carbons (Fsp3) is 0.143. The summed E-state index contributed by atoms with van der Waals surface area (Å²) in [5.74, 6) is -1.06. The second kappa shape index (κ2) is 8.14. The Kier molecular flexibility index (Phi) is 5.42. The van der Waals surface area contributed by atoms with Crippen molar-refractivity contribution >= 4 is 46.3 Å². The fourth-order valence-electron chi connectivity index (χ4n) is 3.27. The smallest absolute Gasteiger partial charge is 0.264 e. The third kappa shape index (κ3) is 3.92. The first-order valence-electron chi connectivity index (χ1n) is 8.90. The molecular formula is C21H16ClN3O3S. The highest BCUT2D eigenvalue weighted by Crippen LogP contribution is 2.29. The van der Waals surface area contributed by atoms with Crippen LogP contribution in [-0.2, 0) is 16.1 Å². The maximum absolute atomic E-state index is 13.2. The predicted octanol–water partition coefficient (Wildman–Crippen LogP) is 3.77. The van der Waals surface area contributed by atoms with E-state index in [1.165, 1.54) is 16.2 Å². The summed E-state index contributed by atoms with van der Waals surface area (Å²) in [5.41, 5.74) is 1.22. The lowest BCUT2D eigenvalue weighted by atomic mass is 10.1. The highest BCUT2D eigenvalue weighted by Gasteiger charge is 2.44. The van der Waals surface area contributed by atoms with Crippen molar-refractivity contribution in [3.8, 4) is 0 Å². The number of hydrogen-bond donors (Lipinski definition) is 0. The minimum absolute atomic E-state index is 0.0706. The number of thiophene rings is 1. The molecule has 29 heavy (non-hydrogen) atoms. The number of nitrogens with zero attached hydrogens (tertiary/aromatic N) is 3. The van der Waals surface area contributed by atoms with Crippen molar-refractivity contribution in [1.82, 2.24) is 9.88 Å². The molecule has 1 unspecified atom stereocenters. The van der Waals surface area contributed by atoms with E-state index in [2.05, 4.69) is 4.98 Å². The Labute approximate surface area is 176 Å². The molecule has 2 aromatic heterocycles. The molecule has 0 aliphatic carbocycles. The van der Waals surface area contributed by atoms with Gasteiger partial charge in [-0.05, 0) is 47.3 Å². The molecule has 1 saturated heterocycles. The van der Waals surface area contributed by atoms with Gasteiger partial charge in [0.25, 0.3) is 11.8 Å². The van der Waals surface area contributed by atoms with Gasteiger partial charge in [0.1, 0.15) is 6.04 Å². The van der Waals surface area contributed by atoms with Gasteiger partial charge < -0.3 is 4.90 Å². The quantitative estimate of drug-likeness (QED) is 0.583. The standard InChI is InChI=1S/C21H16ClN3O3S/c22-15-5-7-16(8-6-15)25-19(26)11-17(20(25)27)24(13-14-3-1-9-23-12-14)21(28)18-4-2-10-29-18/h1-10,12,17H,11,13H2. The molecule has 146 valence electrons.